The molecular weight excluding hydrogens is 1590 g/mol. The van der Waals surface area contributed by atoms with Crippen molar-refractivity contribution in [1.29, 1.82) is 0 Å². The molecule has 9 saturated heterocycles. The second-order valence-electron chi connectivity index (χ2n) is 39.7. The molecule has 746 valence electrons. The van der Waals surface area contributed by atoms with Crippen molar-refractivity contribution in [2.45, 2.75) is 436 Å². The smallest absolute Gasteiger partial charge is 0.119 e. The summed E-state index contributed by atoms with van der Waals surface area (Å²) < 4.78 is 96.7. The standard InChI is InChI=1S/C21H34O2.C16H32O2.C13H26O2.C12H22O2.C11H22O2.C10H20O2.2C9H18O2.C7H14O2/c1-3-5-6-7-8-9-10-11-19-12-14-20(15-13-19)23-18-21(4-2)16-22-17-21;1-2-3-4-5-6-7-8-9-10-11-12-13-17-14-16-15-18-16;1-2-3-4-5-6-7-8-9-10-14-11-13-12-15-13;1-2-12(8-13-9-12)10-14-11-6-4-3-5-7-11;1-2-3-4-5-6-7-8-12-9-11-10-13-11;1-4-10(7-12-8-10)6-11-5-9(2)3;1-4-9(5-10-6-9)7-11-8(2)3;1-3-5-10-6-9(4-2)7-11-8-9;1-2-3-4-8-5-7-6-9-7/h12-15H,3-11,16-18H2,1-2H3;16H,2-15H2,1H3;13H,2-12H2,1H3;11H,2-10H2,1H3;11H,2-10H2,1H3;9H,4-8H2,1-3H3;8H,4-7H2,1-3H3;3-8H2,1-2H3;7H,2-6H2,1H3. The van der Waals surface area contributed by atoms with E-state index in [0.29, 0.717) is 64.2 Å². The van der Waals surface area contributed by atoms with Crippen LogP contribution in [0.4, 0.5) is 0 Å². The first-order valence-corrected chi connectivity index (χ1v) is 53.3. The van der Waals surface area contributed by atoms with Gasteiger partial charge in [-0.2, -0.15) is 0 Å². The summed E-state index contributed by atoms with van der Waals surface area (Å²) in [4.78, 5) is 0. The average Bonchev–Trinajstić information content (AvgIpc) is 1.08. The van der Waals surface area contributed by atoms with Gasteiger partial charge in [0, 0.05) is 61.3 Å². The average molecular weight is 1790 g/mol. The van der Waals surface area contributed by atoms with Crippen LogP contribution in [-0.4, -0.2) is 228 Å². The van der Waals surface area contributed by atoms with Crippen molar-refractivity contribution in [1.82, 2.24) is 0 Å². The summed E-state index contributed by atoms with van der Waals surface area (Å²) in [5, 5.41) is 0. The Morgan fingerprint density at radius 3 is 0.905 bits per heavy atom. The van der Waals surface area contributed by atoms with E-state index >= 15 is 0 Å². The number of rotatable bonds is 69. The molecular formula is C108H206O18. The van der Waals surface area contributed by atoms with E-state index in [4.69, 9.17) is 85.3 Å². The number of hydrogen-bond donors (Lipinski definition) is 0. The highest BCUT2D eigenvalue weighted by molar-refractivity contribution is 5.27. The number of ether oxygens (including phenoxy) is 18. The zero-order valence-electron chi connectivity index (χ0n) is 85.2. The molecule has 0 aromatic heterocycles. The van der Waals surface area contributed by atoms with Crippen molar-refractivity contribution in [3.8, 4) is 5.75 Å². The van der Waals surface area contributed by atoms with Gasteiger partial charge in [0.15, 0.2) is 0 Å². The Morgan fingerprint density at radius 1 is 0.302 bits per heavy atom. The summed E-state index contributed by atoms with van der Waals surface area (Å²) in [6.07, 6.45) is 63.8. The molecule has 4 atom stereocenters. The summed E-state index contributed by atoms with van der Waals surface area (Å²) in [7, 11) is 0. The summed E-state index contributed by atoms with van der Waals surface area (Å²) in [6.45, 7) is 58.5. The van der Waals surface area contributed by atoms with E-state index in [1.165, 1.54) is 288 Å². The maximum absolute atomic E-state index is 6.00. The van der Waals surface area contributed by atoms with Crippen molar-refractivity contribution in [3.63, 3.8) is 0 Å². The second kappa shape index (κ2) is 79.5. The molecule has 18 nitrogen and oxygen atoms in total. The van der Waals surface area contributed by atoms with Crippen LogP contribution < -0.4 is 4.74 Å². The molecule has 10 aliphatic rings. The maximum atomic E-state index is 6.00. The Kier molecular flexibility index (Phi) is 74.8. The second-order valence-corrected chi connectivity index (χ2v) is 39.7. The van der Waals surface area contributed by atoms with E-state index in [1.807, 2.05) is 0 Å². The molecule has 18 heteroatoms. The van der Waals surface area contributed by atoms with E-state index in [0.717, 1.165) is 210 Å². The van der Waals surface area contributed by atoms with E-state index in [-0.39, 0.29) is 5.41 Å². The normalized spacial score (nSPS) is 20.5. The van der Waals surface area contributed by atoms with Crippen LogP contribution in [0.1, 0.15) is 398 Å². The summed E-state index contributed by atoms with van der Waals surface area (Å²) in [5.41, 5.74) is 3.14. The Morgan fingerprint density at radius 2 is 0.603 bits per heavy atom. The lowest BCUT2D eigenvalue weighted by atomic mass is 9.84. The SMILES string of the molecule is CCC1(COC(C)C)COC1.CCC1(COC2CCCCC2)COC1.CCC1(COCC(C)C)COC1.CCCCCCCCCCCCCOCC1CO1.CCCCCCCCCCOCC1CO1.CCCCCCCCCc1ccc(OCC2(CC)COC2)cc1.CCCCCCCCOCC1CO1.CCCCOCC1CO1.CCCOCC1(CC)COC1. The summed E-state index contributed by atoms with van der Waals surface area (Å²) in [5.74, 6) is 1.63. The number of benzene rings is 1. The Bertz CT molecular complexity index is 2400. The molecule has 10 fully saturated rings. The number of unbranched alkanes of at least 4 members (excludes halogenated alkanes) is 29. The number of aryl methyl sites for hydroxylation is 1. The van der Waals surface area contributed by atoms with Gasteiger partial charge in [-0.05, 0) is 127 Å². The first-order chi connectivity index (χ1) is 61.5. The van der Waals surface area contributed by atoms with Gasteiger partial charge < -0.3 is 85.3 Å². The molecule has 1 aromatic rings. The van der Waals surface area contributed by atoms with Crippen molar-refractivity contribution in [2.75, 3.05) is 192 Å². The highest BCUT2D eigenvalue weighted by Gasteiger charge is 2.41. The molecule has 0 radical (unpaired) electrons. The molecule has 1 aliphatic carbocycles. The van der Waals surface area contributed by atoms with Crippen LogP contribution in [-0.2, 0) is 86.9 Å². The van der Waals surface area contributed by atoms with Crippen LogP contribution in [0.5, 0.6) is 5.75 Å². The maximum Gasteiger partial charge on any atom is 0.119 e. The van der Waals surface area contributed by atoms with Gasteiger partial charge in [-0.15, -0.1) is 0 Å². The first kappa shape index (κ1) is 119. The third-order valence-corrected chi connectivity index (χ3v) is 26.0. The minimum Gasteiger partial charge on any atom is -0.493 e. The van der Waals surface area contributed by atoms with Gasteiger partial charge in [-0.1, -0.05) is 308 Å². The van der Waals surface area contributed by atoms with Crippen molar-refractivity contribution >= 4 is 0 Å². The van der Waals surface area contributed by atoms with E-state index in [9.17, 15) is 0 Å². The molecule has 1 aromatic carbocycles. The molecule has 9 aliphatic heterocycles. The third kappa shape index (κ3) is 65.1. The van der Waals surface area contributed by atoms with E-state index < -0.39 is 0 Å². The van der Waals surface area contributed by atoms with Crippen LogP contribution in [0.15, 0.2) is 24.3 Å². The van der Waals surface area contributed by atoms with Crippen LogP contribution in [0, 0.1) is 33.0 Å². The predicted octanol–water partition coefficient (Wildman–Crippen LogP) is 26.5. The summed E-state index contributed by atoms with van der Waals surface area (Å²) in [6, 6.07) is 8.70. The van der Waals surface area contributed by atoms with E-state index in [2.05, 4.69) is 128 Å². The fraction of sp³-hybridized carbons (Fsp3) is 0.944. The monoisotopic (exact) mass is 1790 g/mol. The van der Waals surface area contributed by atoms with Gasteiger partial charge in [0.2, 0.25) is 0 Å². The molecule has 0 spiro atoms. The summed E-state index contributed by atoms with van der Waals surface area (Å²) >= 11 is 0. The highest BCUT2D eigenvalue weighted by Crippen LogP contribution is 2.37. The molecule has 0 amide bonds. The van der Waals surface area contributed by atoms with Gasteiger partial charge in [0.05, 0.1) is 170 Å². The largest absolute Gasteiger partial charge is 0.493 e. The van der Waals surface area contributed by atoms with Crippen LogP contribution in [0.2, 0.25) is 0 Å². The molecule has 0 bridgehead atoms. The number of epoxide rings is 4. The van der Waals surface area contributed by atoms with Crippen LogP contribution in [0.3, 0.4) is 0 Å². The zero-order valence-corrected chi connectivity index (χ0v) is 85.2. The first-order valence-electron chi connectivity index (χ1n) is 53.3. The van der Waals surface area contributed by atoms with Crippen molar-refractivity contribution in [3.05, 3.63) is 29.8 Å². The van der Waals surface area contributed by atoms with Gasteiger partial charge in [-0.25, -0.2) is 0 Å². The zero-order chi connectivity index (χ0) is 91.3. The lowest BCUT2D eigenvalue weighted by molar-refractivity contribution is -0.163. The fourth-order valence-corrected chi connectivity index (χ4v) is 14.9. The Balaban J connectivity index is 0.000000370. The van der Waals surface area contributed by atoms with Gasteiger partial charge in [0.1, 0.15) is 30.2 Å². The van der Waals surface area contributed by atoms with Gasteiger partial charge >= 0.3 is 0 Å². The highest BCUT2D eigenvalue weighted by atomic mass is 16.6. The molecule has 4 unspecified atom stereocenters. The van der Waals surface area contributed by atoms with Crippen molar-refractivity contribution < 1.29 is 85.3 Å². The third-order valence-electron chi connectivity index (χ3n) is 26.0. The molecule has 9 heterocycles. The van der Waals surface area contributed by atoms with Crippen LogP contribution >= 0.6 is 0 Å². The van der Waals surface area contributed by atoms with E-state index in [1.54, 1.807) is 0 Å². The van der Waals surface area contributed by atoms with Crippen LogP contribution in [0.25, 0.3) is 0 Å². The van der Waals surface area contributed by atoms with Crippen molar-refractivity contribution in [2.24, 2.45) is 33.0 Å². The van der Waals surface area contributed by atoms with Gasteiger partial charge in [0.25, 0.3) is 0 Å². The Hall–Kier alpha value is -1.66. The minimum atomic E-state index is 0.260. The lowest BCUT2D eigenvalue weighted by Gasteiger charge is -2.41. The molecule has 11 rings (SSSR count). The van der Waals surface area contributed by atoms with Gasteiger partial charge in [-0.3, -0.25) is 0 Å². The molecule has 126 heavy (non-hydrogen) atoms. The number of hydrogen-bond acceptors (Lipinski definition) is 18. The quantitative estimate of drug-likeness (QED) is 0.0443. The Labute approximate surface area is 777 Å². The molecule has 1 saturated carbocycles. The minimum absolute atomic E-state index is 0.260. The molecule has 0 N–H and O–H groups in total. The predicted molar refractivity (Wildman–Crippen MR) is 522 cm³/mol. The lowest BCUT2D eigenvalue weighted by Crippen LogP contribution is -2.46. The topological polar surface area (TPSA) is 179 Å². The fourth-order valence-electron chi connectivity index (χ4n) is 14.9.